The predicted molar refractivity (Wildman–Crippen MR) is 123 cm³/mol. The van der Waals surface area contributed by atoms with Gasteiger partial charge in [-0.15, -0.1) is 0 Å². The molecule has 1 N–H and O–H groups in total. The third kappa shape index (κ3) is 4.91. The minimum atomic E-state index is -0.0250. The lowest BCUT2D eigenvalue weighted by molar-refractivity contribution is 0.0952. The first kappa shape index (κ1) is 20.6. The van der Waals surface area contributed by atoms with Crippen molar-refractivity contribution in [3.8, 4) is 5.75 Å². The zero-order valence-corrected chi connectivity index (χ0v) is 18.2. The first-order valence-corrected chi connectivity index (χ1v) is 11.3. The second kappa shape index (κ2) is 9.91. The fraction of sp³-hybridized carbons (Fsp3) is 0.391. The van der Waals surface area contributed by atoms with Gasteiger partial charge < -0.3 is 15.0 Å². The van der Waals surface area contributed by atoms with Crippen LogP contribution in [0.2, 0.25) is 0 Å². The molecule has 0 radical (unpaired) electrons. The summed E-state index contributed by atoms with van der Waals surface area (Å²) in [6.45, 7) is 6.02. The van der Waals surface area contributed by atoms with E-state index in [1.165, 1.54) is 10.4 Å². The van der Waals surface area contributed by atoms with E-state index in [-0.39, 0.29) is 5.91 Å². The molecule has 7 heteroatoms. The van der Waals surface area contributed by atoms with Crippen LogP contribution < -0.4 is 15.0 Å². The Morgan fingerprint density at radius 2 is 1.83 bits per heavy atom. The van der Waals surface area contributed by atoms with Crippen molar-refractivity contribution in [2.24, 2.45) is 0 Å². The number of rotatable bonds is 8. The Balaban J connectivity index is 1.14. The number of carbonyl (C=O) groups excluding carboxylic acids is 1. The lowest BCUT2D eigenvalue weighted by Crippen LogP contribution is -2.46. The molecule has 0 atom stereocenters. The first-order chi connectivity index (χ1) is 14.7. The molecule has 1 aliphatic heterocycles. The number of piperazine rings is 1. The summed E-state index contributed by atoms with van der Waals surface area (Å²) >= 11 is 1.61. The molecule has 1 saturated heterocycles. The Kier molecular flexibility index (Phi) is 6.81. The van der Waals surface area contributed by atoms with Gasteiger partial charge in [0.2, 0.25) is 0 Å². The van der Waals surface area contributed by atoms with E-state index in [1.54, 1.807) is 30.8 Å². The molecule has 30 heavy (non-hydrogen) atoms. The molecule has 1 aromatic heterocycles. The van der Waals surface area contributed by atoms with Gasteiger partial charge in [0.15, 0.2) is 0 Å². The highest BCUT2D eigenvalue weighted by Gasteiger charge is 2.20. The standard InChI is InChI=1S/C23H28N4O2S/c1-29-19-10-8-18(9-11-19)22(28)24-12-4-5-13-26-14-16-27(17-15-26)23-20-6-2-3-7-21(20)25-30-23/h2-3,6-11H,4-5,12-17H2,1H3,(H,24,28). The van der Waals surface area contributed by atoms with E-state index < -0.39 is 0 Å². The number of ether oxygens (including phenoxy) is 1. The van der Waals surface area contributed by atoms with Crippen molar-refractivity contribution in [2.75, 3.05) is 51.3 Å². The van der Waals surface area contributed by atoms with Gasteiger partial charge in [-0.3, -0.25) is 9.69 Å². The van der Waals surface area contributed by atoms with Gasteiger partial charge in [-0.05, 0) is 67.3 Å². The maximum absolute atomic E-state index is 12.2. The Morgan fingerprint density at radius 3 is 2.60 bits per heavy atom. The van der Waals surface area contributed by atoms with Crippen LogP contribution in [0.1, 0.15) is 23.2 Å². The van der Waals surface area contributed by atoms with E-state index in [0.29, 0.717) is 12.1 Å². The van der Waals surface area contributed by atoms with Crippen LogP contribution in [0.15, 0.2) is 48.5 Å². The molecule has 1 amide bonds. The Labute approximate surface area is 181 Å². The summed E-state index contributed by atoms with van der Waals surface area (Å²) in [6.07, 6.45) is 2.08. The molecule has 2 aromatic carbocycles. The van der Waals surface area contributed by atoms with Crippen LogP contribution in [0.5, 0.6) is 5.75 Å². The molecule has 4 rings (SSSR count). The third-order valence-electron chi connectivity index (χ3n) is 5.56. The number of unbranched alkanes of at least 4 members (excludes halogenated alkanes) is 1. The highest BCUT2D eigenvalue weighted by atomic mass is 32.1. The van der Waals surface area contributed by atoms with Crippen LogP contribution in [-0.2, 0) is 0 Å². The number of aromatic nitrogens is 1. The van der Waals surface area contributed by atoms with Crippen LogP contribution in [0.3, 0.4) is 0 Å². The fourth-order valence-electron chi connectivity index (χ4n) is 3.79. The molecule has 3 aromatic rings. The molecule has 2 heterocycles. The molecule has 0 spiro atoms. The number of methoxy groups -OCH3 is 1. The van der Waals surface area contributed by atoms with Crippen molar-refractivity contribution in [1.29, 1.82) is 0 Å². The smallest absolute Gasteiger partial charge is 0.251 e. The lowest BCUT2D eigenvalue weighted by atomic mass is 10.2. The Hall–Kier alpha value is -2.64. The lowest BCUT2D eigenvalue weighted by Gasteiger charge is -2.35. The second-order valence-electron chi connectivity index (χ2n) is 7.53. The van der Waals surface area contributed by atoms with Gasteiger partial charge in [0.25, 0.3) is 5.91 Å². The van der Waals surface area contributed by atoms with Crippen LogP contribution in [0.4, 0.5) is 5.00 Å². The molecule has 0 unspecified atom stereocenters. The number of nitrogens with zero attached hydrogens (tertiary/aromatic N) is 3. The normalized spacial score (nSPS) is 14.8. The topological polar surface area (TPSA) is 57.7 Å². The summed E-state index contributed by atoms with van der Waals surface area (Å²) in [5.74, 6) is 0.734. The van der Waals surface area contributed by atoms with Crippen molar-refractivity contribution in [3.63, 3.8) is 0 Å². The zero-order chi connectivity index (χ0) is 20.8. The molecule has 1 fully saturated rings. The first-order valence-electron chi connectivity index (χ1n) is 10.5. The number of carbonyl (C=O) groups is 1. The molecule has 1 aliphatic rings. The molecule has 158 valence electrons. The molecule has 0 bridgehead atoms. The maximum Gasteiger partial charge on any atom is 0.251 e. The fourth-order valence-corrected chi connectivity index (χ4v) is 4.70. The monoisotopic (exact) mass is 424 g/mol. The Morgan fingerprint density at radius 1 is 1.07 bits per heavy atom. The number of fused-ring (bicyclic) bond motifs is 1. The summed E-state index contributed by atoms with van der Waals surface area (Å²) in [5, 5.41) is 5.57. The largest absolute Gasteiger partial charge is 0.497 e. The average Bonchev–Trinajstić information content (AvgIpc) is 3.23. The summed E-state index contributed by atoms with van der Waals surface area (Å²) < 4.78 is 9.70. The summed E-state index contributed by atoms with van der Waals surface area (Å²) in [5.41, 5.74) is 1.76. The number of hydrogen-bond acceptors (Lipinski definition) is 6. The minimum Gasteiger partial charge on any atom is -0.497 e. The maximum atomic E-state index is 12.2. The number of anilines is 1. The van der Waals surface area contributed by atoms with Gasteiger partial charge in [-0.2, -0.15) is 4.37 Å². The van der Waals surface area contributed by atoms with Gasteiger partial charge in [-0.1, -0.05) is 12.1 Å². The number of hydrogen-bond donors (Lipinski definition) is 1. The van der Waals surface area contributed by atoms with E-state index in [0.717, 1.165) is 56.8 Å². The van der Waals surface area contributed by atoms with Gasteiger partial charge in [0.1, 0.15) is 10.8 Å². The van der Waals surface area contributed by atoms with Crippen LogP contribution in [0.25, 0.3) is 10.9 Å². The number of amides is 1. The quantitative estimate of drug-likeness (QED) is 0.560. The van der Waals surface area contributed by atoms with Gasteiger partial charge >= 0.3 is 0 Å². The van der Waals surface area contributed by atoms with Crippen LogP contribution >= 0.6 is 11.5 Å². The van der Waals surface area contributed by atoms with E-state index in [4.69, 9.17) is 4.74 Å². The summed E-state index contributed by atoms with van der Waals surface area (Å²) in [4.78, 5) is 17.2. The van der Waals surface area contributed by atoms with E-state index in [9.17, 15) is 4.79 Å². The Bertz CT molecular complexity index is 965. The molecular weight excluding hydrogens is 396 g/mol. The SMILES string of the molecule is COc1ccc(C(=O)NCCCCN2CCN(c3snc4ccccc34)CC2)cc1. The zero-order valence-electron chi connectivity index (χ0n) is 17.3. The highest BCUT2D eigenvalue weighted by Crippen LogP contribution is 2.31. The van der Waals surface area contributed by atoms with Gasteiger partial charge in [0, 0.05) is 43.7 Å². The van der Waals surface area contributed by atoms with E-state index in [2.05, 4.69) is 37.7 Å². The number of benzene rings is 2. The van der Waals surface area contributed by atoms with Crippen molar-refractivity contribution in [1.82, 2.24) is 14.6 Å². The molecule has 0 aliphatic carbocycles. The molecule has 6 nitrogen and oxygen atoms in total. The number of nitrogens with one attached hydrogen (secondary N) is 1. The second-order valence-corrected chi connectivity index (χ2v) is 8.28. The van der Waals surface area contributed by atoms with Crippen LogP contribution in [0, 0.1) is 0 Å². The van der Waals surface area contributed by atoms with Gasteiger partial charge in [0.05, 0.1) is 12.6 Å². The molecular formula is C23H28N4O2S. The van der Waals surface area contributed by atoms with Crippen LogP contribution in [-0.4, -0.2) is 61.6 Å². The van der Waals surface area contributed by atoms with Crippen molar-refractivity contribution >= 4 is 33.3 Å². The average molecular weight is 425 g/mol. The van der Waals surface area contributed by atoms with E-state index in [1.807, 2.05) is 18.2 Å². The molecule has 0 saturated carbocycles. The van der Waals surface area contributed by atoms with Crippen molar-refractivity contribution in [3.05, 3.63) is 54.1 Å². The predicted octanol–water partition coefficient (Wildman–Crippen LogP) is 3.64. The highest BCUT2D eigenvalue weighted by molar-refractivity contribution is 7.11. The van der Waals surface area contributed by atoms with E-state index >= 15 is 0 Å². The summed E-state index contributed by atoms with van der Waals surface area (Å²) in [7, 11) is 1.62. The van der Waals surface area contributed by atoms with Crippen molar-refractivity contribution < 1.29 is 9.53 Å². The summed E-state index contributed by atoms with van der Waals surface area (Å²) in [6, 6.07) is 15.6. The third-order valence-corrected chi connectivity index (χ3v) is 6.50. The minimum absolute atomic E-state index is 0.0250. The van der Waals surface area contributed by atoms with Crippen molar-refractivity contribution in [2.45, 2.75) is 12.8 Å². The van der Waals surface area contributed by atoms with Gasteiger partial charge in [-0.25, -0.2) is 0 Å².